The molecule has 14 heteroatoms. The van der Waals surface area contributed by atoms with E-state index in [1.54, 1.807) is 6.07 Å². The number of piperazine rings is 1. The van der Waals surface area contributed by atoms with Gasteiger partial charge in [0.15, 0.2) is 5.69 Å². The van der Waals surface area contributed by atoms with E-state index in [4.69, 9.17) is 23.2 Å². The molecule has 0 N–H and O–H groups in total. The number of hydrogen-bond acceptors (Lipinski definition) is 7. The van der Waals surface area contributed by atoms with Crippen molar-refractivity contribution in [3.8, 4) is 6.07 Å². The molecule has 1 aliphatic heterocycles. The van der Waals surface area contributed by atoms with Crippen LogP contribution in [0.2, 0.25) is 10.0 Å². The summed E-state index contributed by atoms with van der Waals surface area (Å²) >= 11 is 11.8. The Balaban J connectivity index is 1.90. The van der Waals surface area contributed by atoms with E-state index in [2.05, 4.69) is 9.72 Å². The maximum atomic E-state index is 13.6. The summed E-state index contributed by atoms with van der Waals surface area (Å²) in [5.41, 5.74) is -2.61. The Bertz CT molecular complexity index is 1260. The van der Waals surface area contributed by atoms with Gasteiger partial charge in [0.05, 0.1) is 32.7 Å². The van der Waals surface area contributed by atoms with Gasteiger partial charge in [-0.2, -0.15) is 22.7 Å². The van der Waals surface area contributed by atoms with Crippen LogP contribution in [-0.2, 0) is 20.9 Å². The van der Waals surface area contributed by atoms with Crippen LogP contribution in [0.5, 0.6) is 0 Å². The highest BCUT2D eigenvalue weighted by Crippen LogP contribution is 2.35. The molecule has 8 nitrogen and oxygen atoms in total. The lowest BCUT2D eigenvalue weighted by Gasteiger charge is -2.35. The number of rotatable bonds is 5. The molecule has 182 valence electrons. The molecule has 3 rings (SSSR count). The number of benzene rings is 1. The van der Waals surface area contributed by atoms with E-state index in [0.29, 0.717) is 0 Å². The SMILES string of the molecule is CCOC(=O)c1cc(C#N)c(N2CCN(S(=O)(=O)c3ccc(Cl)c(Cl)c3)CC2)nc1C(F)(F)F. The third-order valence-electron chi connectivity index (χ3n) is 4.95. The lowest BCUT2D eigenvalue weighted by atomic mass is 10.1. The molecule has 0 radical (unpaired) electrons. The number of hydrogen-bond donors (Lipinski definition) is 0. The number of nitriles is 1. The first-order chi connectivity index (χ1) is 15.9. The normalized spacial score (nSPS) is 15.1. The molecule has 1 aliphatic rings. The van der Waals surface area contributed by atoms with Crippen LogP contribution in [0.1, 0.15) is 28.5 Å². The number of pyridine rings is 1. The number of alkyl halides is 3. The second-order valence-corrected chi connectivity index (χ2v) is 9.81. The number of carbonyl (C=O) groups excluding carboxylic acids is 1. The van der Waals surface area contributed by atoms with E-state index in [9.17, 15) is 31.6 Å². The van der Waals surface area contributed by atoms with Gasteiger partial charge in [-0.3, -0.25) is 0 Å². The molecule has 1 fully saturated rings. The van der Waals surface area contributed by atoms with Gasteiger partial charge in [0, 0.05) is 26.2 Å². The van der Waals surface area contributed by atoms with Crippen molar-refractivity contribution in [1.82, 2.24) is 9.29 Å². The second kappa shape index (κ2) is 9.95. The fraction of sp³-hybridized carbons (Fsp3) is 0.350. The number of esters is 1. The van der Waals surface area contributed by atoms with Crippen LogP contribution in [0.3, 0.4) is 0 Å². The molecular formula is C20H17Cl2F3N4O4S. The molecule has 34 heavy (non-hydrogen) atoms. The molecule has 0 unspecified atom stereocenters. The standard InChI is InChI=1S/C20H17Cl2F3N4O4S/c1-2-33-19(30)14-9-12(11-26)18(27-17(14)20(23,24)25)28-5-7-29(8-6-28)34(31,32)13-3-4-15(21)16(22)10-13/h3-4,9-10H,2,5-8H2,1H3. The first-order valence-corrected chi connectivity index (χ1v) is 12.0. The molecule has 0 spiro atoms. The first kappa shape index (κ1) is 26.0. The summed E-state index contributed by atoms with van der Waals surface area (Å²) in [5.74, 6) is -1.54. The Morgan fingerprint density at radius 1 is 1.18 bits per heavy atom. The number of anilines is 1. The number of sulfonamides is 1. The summed E-state index contributed by atoms with van der Waals surface area (Å²) in [6.45, 7) is 1.02. The van der Waals surface area contributed by atoms with E-state index in [1.165, 1.54) is 30.0 Å². The van der Waals surface area contributed by atoms with Gasteiger partial charge in [0.25, 0.3) is 0 Å². The number of halogens is 5. The fourth-order valence-electron chi connectivity index (χ4n) is 3.33. The Morgan fingerprint density at radius 2 is 1.82 bits per heavy atom. The smallest absolute Gasteiger partial charge is 0.434 e. The quantitative estimate of drug-likeness (QED) is 0.532. The van der Waals surface area contributed by atoms with Crippen molar-refractivity contribution < 1.29 is 31.1 Å². The predicted octanol–water partition coefficient (Wildman–Crippen LogP) is 3.97. The first-order valence-electron chi connectivity index (χ1n) is 9.79. The van der Waals surface area contributed by atoms with Crippen molar-refractivity contribution in [1.29, 1.82) is 5.26 Å². The number of ether oxygens (including phenoxy) is 1. The van der Waals surface area contributed by atoms with Crippen molar-refractivity contribution in [2.45, 2.75) is 18.0 Å². The van der Waals surface area contributed by atoms with Crippen LogP contribution in [0, 0.1) is 11.3 Å². The van der Waals surface area contributed by atoms with Gasteiger partial charge >= 0.3 is 12.1 Å². The molecular weight excluding hydrogens is 520 g/mol. The minimum Gasteiger partial charge on any atom is -0.462 e. The molecule has 0 atom stereocenters. The van der Waals surface area contributed by atoms with Crippen molar-refractivity contribution in [2.75, 3.05) is 37.7 Å². The summed E-state index contributed by atoms with van der Waals surface area (Å²) in [4.78, 5) is 16.9. The highest BCUT2D eigenvalue weighted by Gasteiger charge is 2.40. The molecule has 0 amide bonds. The number of nitrogens with zero attached hydrogens (tertiary/aromatic N) is 4. The summed E-state index contributed by atoms with van der Waals surface area (Å²) in [7, 11) is -3.94. The van der Waals surface area contributed by atoms with E-state index < -0.39 is 33.4 Å². The predicted molar refractivity (Wildman–Crippen MR) is 117 cm³/mol. The van der Waals surface area contributed by atoms with Crippen LogP contribution in [-0.4, -0.2) is 56.5 Å². The third-order valence-corrected chi connectivity index (χ3v) is 7.59. The number of carbonyl (C=O) groups is 1. The zero-order chi connectivity index (χ0) is 25.3. The molecule has 1 aromatic carbocycles. The van der Waals surface area contributed by atoms with E-state index in [-0.39, 0.29) is 59.1 Å². The zero-order valence-electron chi connectivity index (χ0n) is 17.6. The maximum absolute atomic E-state index is 13.6. The minimum absolute atomic E-state index is 0.0434. The molecule has 1 saturated heterocycles. The van der Waals surface area contributed by atoms with Crippen LogP contribution in [0.25, 0.3) is 0 Å². The molecule has 1 aromatic heterocycles. The topological polar surface area (TPSA) is 104 Å². The van der Waals surface area contributed by atoms with E-state index >= 15 is 0 Å². The largest absolute Gasteiger partial charge is 0.462 e. The van der Waals surface area contributed by atoms with Gasteiger partial charge < -0.3 is 9.64 Å². The van der Waals surface area contributed by atoms with Gasteiger partial charge in [0.1, 0.15) is 11.9 Å². The molecule has 2 aromatic rings. The average Bonchev–Trinajstić information content (AvgIpc) is 2.79. The zero-order valence-corrected chi connectivity index (χ0v) is 19.9. The summed E-state index contributed by atoms with van der Waals surface area (Å²) in [6, 6.07) is 6.40. The van der Waals surface area contributed by atoms with Gasteiger partial charge in [0.2, 0.25) is 10.0 Å². The second-order valence-electron chi connectivity index (χ2n) is 7.05. The van der Waals surface area contributed by atoms with Crippen LogP contribution in [0.15, 0.2) is 29.2 Å². The lowest BCUT2D eigenvalue weighted by molar-refractivity contribution is -0.141. The van der Waals surface area contributed by atoms with Crippen LogP contribution < -0.4 is 4.90 Å². The van der Waals surface area contributed by atoms with Gasteiger partial charge in [-0.05, 0) is 31.2 Å². The highest BCUT2D eigenvalue weighted by atomic mass is 35.5. The van der Waals surface area contributed by atoms with E-state index in [1.807, 2.05) is 0 Å². The minimum atomic E-state index is -4.98. The third kappa shape index (κ3) is 5.22. The summed E-state index contributed by atoms with van der Waals surface area (Å²) in [6.07, 6.45) is -4.98. The van der Waals surface area contributed by atoms with Crippen molar-refractivity contribution in [3.63, 3.8) is 0 Å². The van der Waals surface area contributed by atoms with Crippen molar-refractivity contribution in [2.24, 2.45) is 0 Å². The number of aromatic nitrogens is 1. The average molecular weight is 537 g/mol. The Morgan fingerprint density at radius 3 is 2.35 bits per heavy atom. The summed E-state index contributed by atoms with van der Waals surface area (Å²) in [5, 5.41) is 9.73. The molecule has 0 bridgehead atoms. The Labute approximate surface area is 203 Å². The lowest BCUT2D eigenvalue weighted by Crippen LogP contribution is -2.49. The molecule has 0 saturated carbocycles. The van der Waals surface area contributed by atoms with Gasteiger partial charge in [-0.25, -0.2) is 18.2 Å². The molecule has 2 heterocycles. The molecule has 0 aliphatic carbocycles. The highest BCUT2D eigenvalue weighted by molar-refractivity contribution is 7.89. The Kier molecular flexibility index (Phi) is 7.62. The van der Waals surface area contributed by atoms with Gasteiger partial charge in [-0.15, -0.1) is 0 Å². The van der Waals surface area contributed by atoms with Crippen LogP contribution in [0.4, 0.5) is 19.0 Å². The van der Waals surface area contributed by atoms with Crippen LogP contribution >= 0.6 is 23.2 Å². The van der Waals surface area contributed by atoms with E-state index in [0.717, 1.165) is 10.4 Å². The monoisotopic (exact) mass is 536 g/mol. The van der Waals surface area contributed by atoms with Crippen molar-refractivity contribution >= 4 is 45.0 Å². The fourth-order valence-corrected chi connectivity index (χ4v) is 5.15. The Hall–Kier alpha value is -2.59. The van der Waals surface area contributed by atoms with Gasteiger partial charge in [-0.1, -0.05) is 23.2 Å². The maximum Gasteiger partial charge on any atom is 0.434 e. The van der Waals surface area contributed by atoms with Crippen molar-refractivity contribution in [3.05, 3.63) is 51.1 Å². The summed E-state index contributed by atoms with van der Waals surface area (Å²) < 4.78 is 72.5.